The van der Waals surface area contributed by atoms with Crippen molar-refractivity contribution in [2.24, 2.45) is 0 Å². The largest absolute Gasteiger partial charge is 0.309 e. The van der Waals surface area contributed by atoms with Gasteiger partial charge in [0, 0.05) is 71.6 Å². The molecule has 0 amide bonds. The fourth-order valence-electron chi connectivity index (χ4n) is 12.1. The van der Waals surface area contributed by atoms with Gasteiger partial charge in [0.2, 0.25) is 0 Å². The van der Waals surface area contributed by atoms with E-state index in [0.717, 1.165) is 88.6 Å². The highest BCUT2D eigenvalue weighted by molar-refractivity contribution is 6.14. The third-order valence-electron chi connectivity index (χ3n) is 16.0. The molecule has 0 unspecified atom stereocenters. The summed E-state index contributed by atoms with van der Waals surface area (Å²) < 4.78 is 6.87. The number of nitriles is 4. The van der Waals surface area contributed by atoms with E-state index in [1.165, 1.54) is 21.5 Å². The number of rotatable bonds is 8. The van der Waals surface area contributed by atoms with Crippen LogP contribution in [0.15, 0.2) is 249 Å². The Bertz CT molecular complexity index is 4950. The second kappa shape index (κ2) is 19.3. The molecule has 9 heteroatoms. The fourth-order valence-corrected chi connectivity index (χ4v) is 12.1. The van der Waals surface area contributed by atoms with Crippen molar-refractivity contribution in [3.05, 3.63) is 271 Å². The molecule has 0 saturated heterocycles. The summed E-state index contributed by atoms with van der Waals surface area (Å²) in [5, 5.41) is 47.7. The van der Waals surface area contributed by atoms with Crippen molar-refractivity contribution in [1.82, 2.24) is 23.7 Å². The van der Waals surface area contributed by atoms with Gasteiger partial charge in [0.15, 0.2) is 5.82 Å². The third kappa shape index (κ3) is 7.90. The molecule has 0 saturated carbocycles. The lowest BCUT2D eigenvalue weighted by molar-refractivity contribution is 1.16. The van der Waals surface area contributed by atoms with Crippen LogP contribution >= 0.6 is 0 Å². The predicted octanol–water partition coefficient (Wildman–Crippen LogP) is 17.6. The van der Waals surface area contributed by atoms with E-state index >= 15 is 0 Å². The first-order valence-corrected chi connectivity index (χ1v) is 27.1. The van der Waals surface area contributed by atoms with Crippen LogP contribution < -0.4 is 0 Å². The standard InChI is InChI=1S/C74H41N9/c75-42-46-17-21-50(22-18-46)65-41-66(80-74(79-65)53-23-19-47(43-76)20-24-53)51-29-25-48(26-30-51)49-27-31-52(32-28-49)73-54(44-77)37-58(38-55(73)45-78)83-71-35-33-56(81-67-13-5-1-9-59(67)60-10-2-6-14-68(60)81)39-63(71)64-40-57(34-36-72(64)83)82-69-15-7-3-11-61(69)62-12-4-8-16-70(62)82/h1-41H. The molecule has 0 N–H and O–H groups in total. The summed E-state index contributed by atoms with van der Waals surface area (Å²) in [6, 6.07) is 93.2. The maximum atomic E-state index is 11.0. The maximum absolute atomic E-state index is 11.0. The van der Waals surface area contributed by atoms with E-state index < -0.39 is 0 Å². The molecule has 0 aliphatic rings. The number of nitrogens with zero attached hydrogens (tertiary/aromatic N) is 9. The second-order valence-corrected chi connectivity index (χ2v) is 20.6. The third-order valence-corrected chi connectivity index (χ3v) is 16.0. The highest BCUT2D eigenvalue weighted by atomic mass is 15.0. The SMILES string of the molecule is N#Cc1ccc(-c2cc(-c3ccc(-c4ccc(-c5c(C#N)cc(-n6c7ccc(-n8c9ccccc9c9ccccc98)cc7c7cc(-n8c9ccccc9c9ccccc98)ccc76)cc5C#N)cc4)cc3)nc(-c3ccc(C#N)cc3)n2)cc1. The minimum atomic E-state index is 0.389. The zero-order chi connectivity index (χ0) is 55.7. The van der Waals surface area contributed by atoms with Gasteiger partial charge in [-0.3, -0.25) is 0 Å². The number of hydrogen-bond acceptors (Lipinski definition) is 6. The van der Waals surface area contributed by atoms with E-state index in [4.69, 9.17) is 9.97 Å². The molecular weight excluding hydrogens is 1010 g/mol. The van der Waals surface area contributed by atoms with Crippen LogP contribution in [0, 0.1) is 45.3 Å². The van der Waals surface area contributed by atoms with E-state index in [2.05, 4.69) is 184 Å². The zero-order valence-electron chi connectivity index (χ0n) is 44.2. The van der Waals surface area contributed by atoms with Gasteiger partial charge in [-0.1, -0.05) is 133 Å². The first-order valence-electron chi connectivity index (χ1n) is 27.1. The van der Waals surface area contributed by atoms with Crippen LogP contribution in [0.25, 0.3) is 139 Å². The number of hydrogen-bond donors (Lipinski definition) is 0. The molecule has 0 bridgehead atoms. The lowest BCUT2D eigenvalue weighted by Crippen LogP contribution is -2.00. The first-order chi connectivity index (χ1) is 40.9. The summed E-state index contributed by atoms with van der Waals surface area (Å²) in [5.41, 5.74) is 18.2. The van der Waals surface area contributed by atoms with E-state index in [1.807, 2.05) is 78.9 Å². The van der Waals surface area contributed by atoms with Crippen LogP contribution in [0.2, 0.25) is 0 Å². The Hall–Kier alpha value is -12.1. The molecule has 0 atom stereocenters. The molecule has 0 radical (unpaired) electrons. The molecule has 0 aliphatic carbocycles. The molecule has 15 rings (SSSR count). The summed E-state index contributed by atoms with van der Waals surface area (Å²) >= 11 is 0. The Morgan fingerprint density at radius 2 is 0.602 bits per heavy atom. The van der Waals surface area contributed by atoms with Crippen LogP contribution in [0.3, 0.4) is 0 Å². The van der Waals surface area contributed by atoms with Crippen molar-refractivity contribution in [3.8, 4) is 97.5 Å². The van der Waals surface area contributed by atoms with Gasteiger partial charge in [-0.15, -0.1) is 0 Å². The van der Waals surface area contributed by atoms with E-state index in [0.29, 0.717) is 50.7 Å². The van der Waals surface area contributed by atoms with Crippen LogP contribution in [0.5, 0.6) is 0 Å². The van der Waals surface area contributed by atoms with Gasteiger partial charge in [-0.05, 0) is 132 Å². The van der Waals surface area contributed by atoms with Crippen molar-refractivity contribution in [3.63, 3.8) is 0 Å². The molecule has 4 aromatic heterocycles. The topological polar surface area (TPSA) is 136 Å². The highest BCUT2D eigenvalue weighted by Crippen LogP contribution is 2.42. The smallest absolute Gasteiger partial charge is 0.160 e. The summed E-state index contributed by atoms with van der Waals surface area (Å²) in [4.78, 5) is 9.89. The van der Waals surface area contributed by atoms with Crippen molar-refractivity contribution in [1.29, 1.82) is 21.0 Å². The Labute approximate surface area is 476 Å². The van der Waals surface area contributed by atoms with Crippen molar-refractivity contribution >= 4 is 65.4 Å². The van der Waals surface area contributed by atoms with Gasteiger partial charge in [0.25, 0.3) is 0 Å². The van der Waals surface area contributed by atoms with E-state index in [9.17, 15) is 21.0 Å². The van der Waals surface area contributed by atoms with Gasteiger partial charge < -0.3 is 13.7 Å². The first kappa shape index (κ1) is 48.0. The predicted molar refractivity (Wildman–Crippen MR) is 331 cm³/mol. The maximum Gasteiger partial charge on any atom is 0.160 e. The van der Waals surface area contributed by atoms with E-state index in [1.54, 1.807) is 24.3 Å². The van der Waals surface area contributed by atoms with Gasteiger partial charge in [-0.2, -0.15) is 21.0 Å². The molecule has 15 aromatic rings. The minimum Gasteiger partial charge on any atom is -0.309 e. The van der Waals surface area contributed by atoms with Gasteiger partial charge in [-0.25, -0.2) is 9.97 Å². The average molecular weight is 1060 g/mol. The lowest BCUT2D eigenvalue weighted by atomic mass is 9.92. The number of fused-ring (bicyclic) bond motifs is 9. The Balaban J connectivity index is 0.820. The van der Waals surface area contributed by atoms with Crippen LogP contribution in [0.1, 0.15) is 22.3 Å². The zero-order valence-corrected chi connectivity index (χ0v) is 44.2. The molecular formula is C74H41N9. The van der Waals surface area contributed by atoms with Crippen LogP contribution in [-0.4, -0.2) is 23.7 Å². The minimum absolute atomic E-state index is 0.389. The number of para-hydroxylation sites is 4. The molecule has 0 fully saturated rings. The lowest BCUT2D eigenvalue weighted by Gasteiger charge is -2.14. The molecule has 0 aliphatic heterocycles. The van der Waals surface area contributed by atoms with Gasteiger partial charge in [0.05, 0.1) is 91.0 Å². The highest BCUT2D eigenvalue weighted by Gasteiger charge is 2.22. The van der Waals surface area contributed by atoms with E-state index in [-0.39, 0.29) is 0 Å². The molecule has 0 spiro atoms. The van der Waals surface area contributed by atoms with Crippen LogP contribution in [-0.2, 0) is 0 Å². The summed E-state index contributed by atoms with van der Waals surface area (Å²) in [6.07, 6.45) is 0. The van der Waals surface area contributed by atoms with Crippen molar-refractivity contribution in [2.75, 3.05) is 0 Å². The quantitative estimate of drug-likeness (QED) is 0.149. The second-order valence-electron chi connectivity index (χ2n) is 20.6. The normalized spacial score (nSPS) is 11.3. The molecule has 9 nitrogen and oxygen atoms in total. The Morgan fingerprint density at radius 3 is 1.00 bits per heavy atom. The van der Waals surface area contributed by atoms with Crippen LogP contribution in [0.4, 0.5) is 0 Å². The van der Waals surface area contributed by atoms with Crippen molar-refractivity contribution < 1.29 is 0 Å². The molecule has 11 aromatic carbocycles. The average Bonchev–Trinajstić information content (AvgIpc) is 3.40. The summed E-state index contributed by atoms with van der Waals surface area (Å²) in [7, 11) is 0. The monoisotopic (exact) mass is 1060 g/mol. The van der Waals surface area contributed by atoms with Gasteiger partial charge >= 0.3 is 0 Å². The molecule has 4 heterocycles. The number of aromatic nitrogens is 5. The summed E-state index contributed by atoms with van der Waals surface area (Å²) in [6.45, 7) is 0. The van der Waals surface area contributed by atoms with Gasteiger partial charge in [0.1, 0.15) is 0 Å². The molecule has 382 valence electrons. The Kier molecular flexibility index (Phi) is 11.2. The fraction of sp³-hybridized carbons (Fsp3) is 0. The molecule has 83 heavy (non-hydrogen) atoms. The summed E-state index contributed by atoms with van der Waals surface area (Å²) in [5.74, 6) is 0.512. The van der Waals surface area contributed by atoms with Crippen molar-refractivity contribution in [2.45, 2.75) is 0 Å². The Morgan fingerprint density at radius 1 is 0.265 bits per heavy atom. The number of benzene rings is 11.